The fourth-order valence-corrected chi connectivity index (χ4v) is 2.10. The highest BCUT2D eigenvalue weighted by Crippen LogP contribution is 2.33. The van der Waals surface area contributed by atoms with Gasteiger partial charge in [0.05, 0.1) is 0 Å². The molecule has 2 unspecified atom stereocenters. The minimum atomic E-state index is 0.415. The van der Waals surface area contributed by atoms with Gasteiger partial charge in [0.1, 0.15) is 0 Å². The molecule has 15 heavy (non-hydrogen) atoms. The fraction of sp³-hybridized carbons (Fsp3) is 0.538. The molecule has 82 valence electrons. The highest BCUT2D eigenvalue weighted by Gasteiger charge is 2.28. The van der Waals surface area contributed by atoms with Crippen molar-refractivity contribution in [2.75, 3.05) is 0 Å². The molecule has 1 aromatic rings. The highest BCUT2D eigenvalue weighted by molar-refractivity contribution is 6.30. The van der Waals surface area contributed by atoms with Gasteiger partial charge < -0.3 is 5.32 Å². The predicted molar refractivity (Wildman–Crippen MR) is 65.2 cm³/mol. The van der Waals surface area contributed by atoms with Gasteiger partial charge in [-0.1, -0.05) is 23.7 Å². The molecule has 0 saturated heterocycles. The Bertz CT molecular complexity index is 316. The Hall–Kier alpha value is -0.530. The molecule has 0 bridgehead atoms. The number of rotatable bonds is 4. The summed E-state index contributed by atoms with van der Waals surface area (Å²) >= 11 is 5.86. The first-order valence-electron chi connectivity index (χ1n) is 5.68. The molecule has 0 spiro atoms. The van der Waals surface area contributed by atoms with Gasteiger partial charge in [-0.15, -0.1) is 0 Å². The molecule has 2 rings (SSSR count). The van der Waals surface area contributed by atoms with Crippen LogP contribution >= 0.6 is 11.6 Å². The molecule has 1 saturated carbocycles. The van der Waals surface area contributed by atoms with Crippen LogP contribution in [0.2, 0.25) is 5.02 Å². The molecule has 1 fully saturated rings. The number of hydrogen-bond acceptors (Lipinski definition) is 1. The lowest BCUT2D eigenvalue weighted by atomic mass is 10.1. The summed E-state index contributed by atoms with van der Waals surface area (Å²) in [6.07, 6.45) is 2.78. The van der Waals surface area contributed by atoms with Crippen molar-refractivity contribution >= 4 is 11.6 Å². The summed E-state index contributed by atoms with van der Waals surface area (Å²) in [5.41, 5.74) is 1.31. The van der Waals surface area contributed by atoms with Crippen LogP contribution in [0.3, 0.4) is 0 Å². The van der Waals surface area contributed by atoms with Crippen LogP contribution in [0.4, 0.5) is 0 Å². The highest BCUT2D eigenvalue weighted by atomic mass is 35.5. The van der Waals surface area contributed by atoms with Gasteiger partial charge in [0.2, 0.25) is 0 Å². The molecule has 0 aliphatic heterocycles. The summed E-state index contributed by atoms with van der Waals surface area (Å²) < 4.78 is 0. The molecule has 0 aromatic heterocycles. The summed E-state index contributed by atoms with van der Waals surface area (Å²) in [7, 11) is 0. The Balaban J connectivity index is 1.94. The van der Waals surface area contributed by atoms with Crippen molar-refractivity contribution in [2.24, 2.45) is 5.92 Å². The fourth-order valence-electron chi connectivity index (χ4n) is 1.97. The minimum absolute atomic E-state index is 0.415. The summed E-state index contributed by atoms with van der Waals surface area (Å²) in [5.74, 6) is 0.903. The lowest BCUT2D eigenvalue weighted by Gasteiger charge is -2.20. The lowest BCUT2D eigenvalue weighted by Crippen LogP contribution is -2.30. The summed E-state index contributed by atoms with van der Waals surface area (Å²) in [6, 6.07) is 9.15. The zero-order chi connectivity index (χ0) is 10.8. The molecular formula is C13H18ClN. The number of nitrogens with one attached hydrogen (secondary N) is 1. The topological polar surface area (TPSA) is 12.0 Å². The van der Waals surface area contributed by atoms with Crippen LogP contribution in [0.1, 0.15) is 38.3 Å². The van der Waals surface area contributed by atoms with E-state index < -0.39 is 0 Å². The van der Waals surface area contributed by atoms with Gasteiger partial charge in [-0.3, -0.25) is 0 Å². The number of halogens is 1. The Kier molecular flexibility index (Phi) is 3.32. The second-order valence-electron chi connectivity index (χ2n) is 4.57. The van der Waals surface area contributed by atoms with Crippen molar-refractivity contribution in [2.45, 2.75) is 38.8 Å². The van der Waals surface area contributed by atoms with Gasteiger partial charge in [0, 0.05) is 17.1 Å². The minimum Gasteiger partial charge on any atom is -0.307 e. The van der Waals surface area contributed by atoms with E-state index in [4.69, 9.17) is 11.6 Å². The molecule has 1 nitrogen and oxygen atoms in total. The van der Waals surface area contributed by atoms with Gasteiger partial charge in [0.15, 0.2) is 0 Å². The normalized spacial score (nSPS) is 19.9. The maximum Gasteiger partial charge on any atom is 0.0406 e. The van der Waals surface area contributed by atoms with E-state index in [0.29, 0.717) is 12.1 Å². The van der Waals surface area contributed by atoms with Gasteiger partial charge in [-0.2, -0.15) is 0 Å². The van der Waals surface area contributed by atoms with E-state index in [1.807, 2.05) is 12.1 Å². The average Bonchev–Trinajstić information content (AvgIpc) is 3.01. The van der Waals surface area contributed by atoms with Crippen molar-refractivity contribution in [3.05, 3.63) is 34.9 Å². The van der Waals surface area contributed by atoms with Crippen LogP contribution in [0.5, 0.6) is 0 Å². The largest absolute Gasteiger partial charge is 0.307 e. The molecule has 1 N–H and O–H groups in total. The van der Waals surface area contributed by atoms with Crippen LogP contribution in [-0.4, -0.2) is 6.04 Å². The third-order valence-electron chi connectivity index (χ3n) is 3.21. The van der Waals surface area contributed by atoms with Gasteiger partial charge in [-0.05, 0) is 50.3 Å². The van der Waals surface area contributed by atoms with Crippen LogP contribution in [-0.2, 0) is 0 Å². The van der Waals surface area contributed by atoms with Crippen LogP contribution in [0.15, 0.2) is 24.3 Å². The maximum absolute atomic E-state index is 5.86. The van der Waals surface area contributed by atoms with Gasteiger partial charge in [0.25, 0.3) is 0 Å². The third kappa shape index (κ3) is 2.96. The van der Waals surface area contributed by atoms with E-state index >= 15 is 0 Å². The van der Waals surface area contributed by atoms with Gasteiger partial charge in [-0.25, -0.2) is 0 Å². The Morgan fingerprint density at radius 1 is 1.20 bits per heavy atom. The first-order chi connectivity index (χ1) is 7.16. The molecule has 2 atom stereocenters. The Morgan fingerprint density at radius 3 is 2.33 bits per heavy atom. The Labute approximate surface area is 96.8 Å². The first-order valence-corrected chi connectivity index (χ1v) is 6.06. The molecule has 0 heterocycles. The predicted octanol–water partition coefficient (Wildman–Crippen LogP) is 3.79. The molecule has 1 aliphatic rings. The van der Waals surface area contributed by atoms with Crippen molar-refractivity contribution in [1.82, 2.24) is 5.32 Å². The standard InChI is InChI=1S/C13H18ClN/c1-9(11-3-4-11)15-10(2)12-5-7-13(14)8-6-12/h5-11,15H,3-4H2,1-2H3. The molecule has 2 heteroatoms. The van der Waals surface area contributed by atoms with Crippen LogP contribution in [0.25, 0.3) is 0 Å². The SMILES string of the molecule is CC(NC(C)C1CC1)c1ccc(Cl)cc1. The zero-order valence-electron chi connectivity index (χ0n) is 9.33. The van der Waals surface area contributed by atoms with Crippen molar-refractivity contribution < 1.29 is 0 Å². The zero-order valence-corrected chi connectivity index (χ0v) is 10.1. The first kappa shape index (κ1) is 11.0. The van der Waals surface area contributed by atoms with Crippen molar-refractivity contribution in [3.63, 3.8) is 0 Å². The summed E-state index contributed by atoms with van der Waals surface area (Å²) in [5, 5.41) is 4.44. The van der Waals surface area contributed by atoms with Crippen molar-refractivity contribution in [3.8, 4) is 0 Å². The summed E-state index contributed by atoms with van der Waals surface area (Å²) in [6.45, 7) is 4.49. The van der Waals surface area contributed by atoms with Crippen LogP contribution in [0, 0.1) is 5.92 Å². The smallest absolute Gasteiger partial charge is 0.0406 e. The van der Waals surface area contributed by atoms with E-state index in [1.165, 1.54) is 18.4 Å². The molecule has 1 aromatic carbocycles. The van der Waals surface area contributed by atoms with E-state index in [9.17, 15) is 0 Å². The quantitative estimate of drug-likeness (QED) is 0.819. The lowest BCUT2D eigenvalue weighted by molar-refractivity contribution is 0.441. The second kappa shape index (κ2) is 4.54. The maximum atomic E-state index is 5.86. The Morgan fingerprint density at radius 2 is 1.80 bits per heavy atom. The van der Waals surface area contributed by atoms with E-state index in [2.05, 4.69) is 31.3 Å². The molecule has 0 radical (unpaired) electrons. The second-order valence-corrected chi connectivity index (χ2v) is 5.00. The molecule has 1 aliphatic carbocycles. The van der Waals surface area contributed by atoms with E-state index in [1.54, 1.807) is 0 Å². The van der Waals surface area contributed by atoms with Crippen molar-refractivity contribution in [1.29, 1.82) is 0 Å². The number of hydrogen-bond donors (Lipinski definition) is 1. The summed E-state index contributed by atoms with van der Waals surface area (Å²) in [4.78, 5) is 0. The molecular weight excluding hydrogens is 206 g/mol. The van der Waals surface area contributed by atoms with E-state index in [-0.39, 0.29) is 0 Å². The third-order valence-corrected chi connectivity index (χ3v) is 3.46. The monoisotopic (exact) mass is 223 g/mol. The van der Waals surface area contributed by atoms with Gasteiger partial charge >= 0.3 is 0 Å². The molecule has 0 amide bonds. The number of benzene rings is 1. The van der Waals surface area contributed by atoms with Crippen LogP contribution < -0.4 is 5.32 Å². The van der Waals surface area contributed by atoms with E-state index in [0.717, 1.165) is 10.9 Å². The average molecular weight is 224 g/mol.